The van der Waals surface area contributed by atoms with Crippen LogP contribution in [0.25, 0.3) is 0 Å². The first-order valence-corrected chi connectivity index (χ1v) is 4.80. The summed E-state index contributed by atoms with van der Waals surface area (Å²) in [6.45, 7) is 3.28. The minimum atomic E-state index is -0.465. The average Bonchev–Trinajstić information content (AvgIpc) is 2.51. The van der Waals surface area contributed by atoms with Crippen LogP contribution in [-0.4, -0.2) is 39.0 Å². The molecule has 2 amide bonds. The lowest BCUT2D eigenvalue weighted by Gasteiger charge is -2.08. The van der Waals surface area contributed by atoms with E-state index in [9.17, 15) is 14.4 Å². The molecule has 0 N–H and O–H groups in total. The molecule has 1 aliphatic rings. The molecule has 6 heteroatoms. The highest BCUT2D eigenvalue weighted by atomic mass is 16.2. The summed E-state index contributed by atoms with van der Waals surface area (Å²) >= 11 is 0. The fraction of sp³-hybridized carbons (Fsp3) is 0.300. The highest BCUT2D eigenvalue weighted by molar-refractivity contribution is 6.20. The second-order valence-electron chi connectivity index (χ2n) is 3.37. The molecule has 2 heterocycles. The lowest BCUT2D eigenvalue weighted by atomic mass is 10.2. The molecule has 0 saturated heterocycles. The minimum absolute atomic E-state index is 0.0204. The van der Waals surface area contributed by atoms with E-state index in [1.807, 2.05) is 0 Å². The Kier molecular flexibility index (Phi) is 2.26. The van der Waals surface area contributed by atoms with E-state index in [1.54, 1.807) is 6.92 Å². The normalized spacial score (nSPS) is 14.2. The number of imide groups is 1. The van der Waals surface area contributed by atoms with Crippen molar-refractivity contribution in [1.29, 1.82) is 0 Å². The summed E-state index contributed by atoms with van der Waals surface area (Å²) in [5.41, 5.74) is 0.184. The quantitative estimate of drug-likeness (QED) is 0.527. The van der Waals surface area contributed by atoms with Crippen molar-refractivity contribution in [2.24, 2.45) is 0 Å². The van der Waals surface area contributed by atoms with Crippen molar-refractivity contribution >= 4 is 17.6 Å². The van der Waals surface area contributed by atoms with Crippen LogP contribution in [0.15, 0.2) is 6.20 Å². The van der Waals surface area contributed by atoms with Gasteiger partial charge in [0.1, 0.15) is 5.69 Å². The van der Waals surface area contributed by atoms with Crippen LogP contribution >= 0.6 is 0 Å². The van der Waals surface area contributed by atoms with Gasteiger partial charge in [0.05, 0.1) is 5.56 Å². The van der Waals surface area contributed by atoms with Gasteiger partial charge in [-0.3, -0.25) is 19.3 Å². The fourth-order valence-corrected chi connectivity index (χ4v) is 1.52. The zero-order valence-electron chi connectivity index (χ0n) is 8.85. The summed E-state index contributed by atoms with van der Waals surface area (Å²) in [4.78, 5) is 43.1. The maximum absolute atomic E-state index is 11.7. The maximum atomic E-state index is 11.7. The van der Waals surface area contributed by atoms with Crippen LogP contribution in [-0.2, 0) is 0 Å². The summed E-state index contributed by atoms with van der Waals surface area (Å²) in [7, 11) is 0. The molecule has 0 atom stereocenters. The standard InChI is InChI=1S/C10H9N3O3/c1-3-13-9(15)6-4-11-8(5(2)14)12-7(6)10(13)16/h4H,3H2,1-2H3. The number of nitrogens with zero attached hydrogens (tertiary/aromatic N) is 3. The van der Waals surface area contributed by atoms with Gasteiger partial charge in [-0.25, -0.2) is 9.97 Å². The van der Waals surface area contributed by atoms with E-state index in [0.29, 0.717) is 0 Å². The second-order valence-corrected chi connectivity index (χ2v) is 3.37. The van der Waals surface area contributed by atoms with Gasteiger partial charge in [0.15, 0.2) is 11.6 Å². The van der Waals surface area contributed by atoms with Gasteiger partial charge >= 0.3 is 0 Å². The van der Waals surface area contributed by atoms with E-state index in [-0.39, 0.29) is 29.4 Å². The van der Waals surface area contributed by atoms with E-state index < -0.39 is 11.8 Å². The predicted octanol–water partition coefficient (Wildman–Crippen LogP) is 0.295. The van der Waals surface area contributed by atoms with Gasteiger partial charge in [0, 0.05) is 19.7 Å². The van der Waals surface area contributed by atoms with Crippen LogP contribution < -0.4 is 0 Å². The van der Waals surface area contributed by atoms with Crippen molar-refractivity contribution in [3.05, 3.63) is 23.3 Å². The molecule has 0 aromatic carbocycles. The molecule has 0 aliphatic carbocycles. The molecule has 0 spiro atoms. The Hall–Kier alpha value is -2.11. The summed E-state index contributed by atoms with van der Waals surface area (Å²) in [5, 5.41) is 0. The van der Waals surface area contributed by atoms with Crippen LogP contribution in [0.5, 0.6) is 0 Å². The number of rotatable bonds is 2. The van der Waals surface area contributed by atoms with Gasteiger partial charge < -0.3 is 0 Å². The number of carbonyl (C=O) groups excluding carboxylic acids is 3. The summed E-state index contributed by atoms with van der Waals surface area (Å²) in [6, 6.07) is 0. The van der Waals surface area contributed by atoms with Crippen LogP contribution in [0.3, 0.4) is 0 Å². The van der Waals surface area contributed by atoms with E-state index in [1.165, 1.54) is 13.1 Å². The number of hydrogen-bond donors (Lipinski definition) is 0. The zero-order valence-corrected chi connectivity index (χ0v) is 8.85. The molecule has 82 valence electrons. The van der Waals surface area contributed by atoms with Gasteiger partial charge in [0.25, 0.3) is 11.8 Å². The van der Waals surface area contributed by atoms with Gasteiger partial charge in [-0.05, 0) is 6.92 Å². The summed E-state index contributed by atoms with van der Waals surface area (Å²) in [6.07, 6.45) is 1.23. The monoisotopic (exact) mass is 219 g/mol. The summed E-state index contributed by atoms with van der Waals surface area (Å²) in [5.74, 6) is -1.25. The van der Waals surface area contributed by atoms with Crippen LogP contribution in [0.1, 0.15) is 45.3 Å². The van der Waals surface area contributed by atoms with Crippen LogP contribution in [0, 0.1) is 0 Å². The molecule has 1 aromatic heterocycles. The number of ketones is 1. The number of carbonyl (C=O) groups is 3. The van der Waals surface area contributed by atoms with Gasteiger partial charge in [-0.2, -0.15) is 0 Å². The first kappa shape index (κ1) is 10.4. The third-order valence-electron chi connectivity index (χ3n) is 2.34. The number of fused-ring (bicyclic) bond motifs is 1. The third-order valence-corrected chi connectivity index (χ3v) is 2.34. The third kappa shape index (κ3) is 1.30. The molecule has 0 saturated carbocycles. The number of Topliss-reactive ketones (excluding diaryl/α,β-unsaturated/α-hetero) is 1. The first-order valence-electron chi connectivity index (χ1n) is 4.80. The Balaban J connectivity index is 2.56. The van der Waals surface area contributed by atoms with Gasteiger partial charge in [-0.15, -0.1) is 0 Å². The molecule has 0 fully saturated rings. The van der Waals surface area contributed by atoms with Gasteiger partial charge in [0.2, 0.25) is 0 Å². The zero-order chi connectivity index (χ0) is 11.9. The van der Waals surface area contributed by atoms with Crippen LogP contribution in [0.4, 0.5) is 0 Å². The molecule has 0 radical (unpaired) electrons. The molecule has 6 nitrogen and oxygen atoms in total. The summed E-state index contributed by atoms with van der Waals surface area (Å²) < 4.78 is 0. The first-order chi connectivity index (χ1) is 7.56. The van der Waals surface area contributed by atoms with Gasteiger partial charge in [-0.1, -0.05) is 0 Å². The molecule has 1 aliphatic heterocycles. The smallest absolute Gasteiger partial charge is 0.280 e. The second kappa shape index (κ2) is 3.48. The molecule has 1 aromatic rings. The molecule has 0 unspecified atom stereocenters. The minimum Gasteiger partial charge on any atom is -0.291 e. The fourth-order valence-electron chi connectivity index (χ4n) is 1.52. The van der Waals surface area contributed by atoms with E-state index >= 15 is 0 Å². The predicted molar refractivity (Wildman–Crippen MR) is 53.1 cm³/mol. The van der Waals surface area contributed by atoms with E-state index in [0.717, 1.165) is 4.90 Å². The Labute approximate surface area is 91.3 Å². The highest BCUT2D eigenvalue weighted by Gasteiger charge is 2.36. The SMILES string of the molecule is CCN1C(=O)c2cnc(C(C)=O)nc2C1=O. The van der Waals surface area contributed by atoms with E-state index in [4.69, 9.17) is 0 Å². The van der Waals surface area contributed by atoms with Crippen molar-refractivity contribution in [2.75, 3.05) is 6.54 Å². The highest BCUT2D eigenvalue weighted by Crippen LogP contribution is 2.19. The number of amides is 2. The van der Waals surface area contributed by atoms with E-state index in [2.05, 4.69) is 9.97 Å². The topological polar surface area (TPSA) is 80.2 Å². The van der Waals surface area contributed by atoms with Crippen molar-refractivity contribution in [3.8, 4) is 0 Å². The molecule has 0 bridgehead atoms. The van der Waals surface area contributed by atoms with Crippen molar-refractivity contribution in [2.45, 2.75) is 13.8 Å². The Morgan fingerprint density at radius 2 is 2.06 bits per heavy atom. The Morgan fingerprint density at radius 3 is 2.62 bits per heavy atom. The number of hydrogen-bond acceptors (Lipinski definition) is 5. The Morgan fingerprint density at radius 1 is 1.38 bits per heavy atom. The maximum Gasteiger partial charge on any atom is 0.280 e. The van der Waals surface area contributed by atoms with Crippen molar-refractivity contribution in [1.82, 2.24) is 14.9 Å². The lowest BCUT2D eigenvalue weighted by Crippen LogP contribution is -2.29. The van der Waals surface area contributed by atoms with Crippen molar-refractivity contribution in [3.63, 3.8) is 0 Å². The molecular formula is C10H9N3O3. The molecular weight excluding hydrogens is 210 g/mol. The Bertz CT molecular complexity index is 510. The molecule has 2 rings (SSSR count). The average molecular weight is 219 g/mol. The van der Waals surface area contributed by atoms with Crippen molar-refractivity contribution < 1.29 is 14.4 Å². The lowest BCUT2D eigenvalue weighted by molar-refractivity contribution is 0.0661. The molecule has 16 heavy (non-hydrogen) atoms. The van der Waals surface area contributed by atoms with Crippen LogP contribution in [0.2, 0.25) is 0 Å². The number of aromatic nitrogens is 2. The largest absolute Gasteiger partial charge is 0.291 e.